The van der Waals surface area contributed by atoms with Gasteiger partial charge in [0.2, 0.25) is 0 Å². The number of hydrogen-bond donors (Lipinski definition) is 1. The van der Waals surface area contributed by atoms with Crippen LogP contribution in [0.15, 0.2) is 72.9 Å². The van der Waals surface area contributed by atoms with Gasteiger partial charge in [0, 0.05) is 34.9 Å². The van der Waals surface area contributed by atoms with Crippen molar-refractivity contribution in [3.05, 3.63) is 72.9 Å². The normalized spacial score (nSPS) is 25.1. The lowest BCUT2D eigenvalue weighted by molar-refractivity contribution is 0.0457. The van der Waals surface area contributed by atoms with E-state index in [0.29, 0.717) is 12.1 Å². The Kier molecular flexibility index (Phi) is 4.50. The molecule has 0 saturated carbocycles. The van der Waals surface area contributed by atoms with E-state index in [1.54, 1.807) is 0 Å². The minimum Gasteiger partial charge on any atom is -0.364 e. The number of nitrogens with zero attached hydrogens (tertiary/aromatic N) is 4. The third-order valence-corrected chi connectivity index (χ3v) is 7.18. The average Bonchev–Trinajstić information content (AvgIpc) is 3.26. The fourth-order valence-electron chi connectivity index (χ4n) is 5.39. The number of nitrogens with one attached hydrogen (secondary N) is 1. The van der Waals surface area contributed by atoms with Crippen molar-refractivity contribution >= 4 is 16.7 Å². The maximum Gasteiger partial charge on any atom is 0.148 e. The molecular formula is C26H27N5. The van der Waals surface area contributed by atoms with E-state index in [1.165, 1.54) is 42.5 Å². The Morgan fingerprint density at radius 3 is 2.48 bits per heavy atom. The minimum atomic E-state index is 0.469. The Morgan fingerprint density at radius 1 is 0.903 bits per heavy atom. The summed E-state index contributed by atoms with van der Waals surface area (Å²) in [4.78, 5) is 2.59. The molecule has 2 unspecified atom stereocenters. The first-order chi connectivity index (χ1) is 15.3. The summed E-state index contributed by atoms with van der Waals surface area (Å²) in [5.41, 5.74) is 4.36. The summed E-state index contributed by atoms with van der Waals surface area (Å²) in [5, 5.41) is 13.9. The van der Waals surface area contributed by atoms with Gasteiger partial charge in [-0.2, -0.15) is 0 Å². The van der Waals surface area contributed by atoms with Gasteiger partial charge in [-0.3, -0.25) is 4.90 Å². The summed E-state index contributed by atoms with van der Waals surface area (Å²) >= 11 is 0. The molecule has 4 aromatic rings. The molecule has 31 heavy (non-hydrogen) atoms. The third kappa shape index (κ3) is 3.29. The van der Waals surface area contributed by atoms with Gasteiger partial charge in [0.25, 0.3) is 0 Å². The van der Waals surface area contributed by atoms with Crippen molar-refractivity contribution in [1.82, 2.24) is 19.7 Å². The Labute approximate surface area is 182 Å². The number of hydrogen-bond acceptors (Lipinski definition) is 4. The number of anilines is 1. The fourth-order valence-corrected chi connectivity index (χ4v) is 5.39. The number of fused-ring (bicyclic) bond motifs is 4. The lowest BCUT2D eigenvalue weighted by Crippen LogP contribution is -2.59. The fraction of sp³-hybridized carbons (Fsp3) is 0.308. The van der Waals surface area contributed by atoms with Gasteiger partial charge in [-0.05, 0) is 81.2 Å². The van der Waals surface area contributed by atoms with E-state index in [9.17, 15) is 0 Å². The quantitative estimate of drug-likeness (QED) is 0.516. The van der Waals surface area contributed by atoms with Crippen LogP contribution in [0.2, 0.25) is 0 Å². The molecule has 7 rings (SSSR count). The van der Waals surface area contributed by atoms with Crippen molar-refractivity contribution in [3.63, 3.8) is 0 Å². The minimum absolute atomic E-state index is 0.469. The number of rotatable bonds is 4. The zero-order chi connectivity index (χ0) is 20.8. The lowest BCUT2D eigenvalue weighted by atomic mass is 9.79. The zero-order valence-corrected chi connectivity index (χ0v) is 17.8. The molecule has 2 aromatic heterocycles. The SMILES string of the molecule is CC1C(Nc2ccc(-c3ccc4c(ccn4-c4ccccc4)c3)nn2)C2CCN1CC2. The number of para-hydroxylation sites is 1. The standard InChI is InChI=1S/C26H27N5/c1-18-26(19-11-14-30(18)15-12-19)27-25-10-8-23(28-29-25)20-7-9-24-21(17-20)13-16-31(24)22-5-3-2-4-6-22/h2-10,13,16-19,26H,11-12,14-15H2,1H3,(H,27,29). The second-order valence-corrected chi connectivity index (χ2v) is 8.88. The van der Waals surface area contributed by atoms with E-state index in [0.717, 1.165) is 23.0 Å². The van der Waals surface area contributed by atoms with Gasteiger partial charge in [-0.15, -0.1) is 10.2 Å². The summed E-state index contributed by atoms with van der Waals surface area (Å²) in [6.45, 7) is 4.81. The number of piperidine rings is 3. The van der Waals surface area contributed by atoms with Crippen LogP contribution in [0.5, 0.6) is 0 Å². The van der Waals surface area contributed by atoms with E-state index in [-0.39, 0.29) is 0 Å². The Morgan fingerprint density at radius 2 is 1.74 bits per heavy atom. The topological polar surface area (TPSA) is 46.0 Å². The van der Waals surface area contributed by atoms with Crippen molar-refractivity contribution in [3.8, 4) is 16.9 Å². The number of aromatic nitrogens is 3. The van der Waals surface area contributed by atoms with Crippen molar-refractivity contribution in [1.29, 1.82) is 0 Å². The molecule has 0 spiro atoms. The Hall–Kier alpha value is -3.18. The average molecular weight is 410 g/mol. The van der Waals surface area contributed by atoms with Crippen molar-refractivity contribution in [2.24, 2.45) is 5.92 Å². The van der Waals surface area contributed by atoms with Crippen LogP contribution in [-0.2, 0) is 0 Å². The van der Waals surface area contributed by atoms with Gasteiger partial charge in [0.15, 0.2) is 0 Å². The zero-order valence-electron chi connectivity index (χ0n) is 17.8. The highest BCUT2D eigenvalue weighted by Gasteiger charge is 2.39. The first kappa shape index (κ1) is 18.6. The molecule has 1 N–H and O–H groups in total. The van der Waals surface area contributed by atoms with Gasteiger partial charge in [-0.1, -0.05) is 24.3 Å². The van der Waals surface area contributed by atoms with Crippen LogP contribution in [-0.4, -0.2) is 44.8 Å². The van der Waals surface area contributed by atoms with E-state index in [2.05, 4.69) is 98.8 Å². The van der Waals surface area contributed by atoms with Gasteiger partial charge in [0.1, 0.15) is 5.82 Å². The van der Waals surface area contributed by atoms with E-state index in [1.807, 2.05) is 6.07 Å². The molecular weight excluding hydrogens is 382 g/mol. The molecule has 2 atom stereocenters. The smallest absolute Gasteiger partial charge is 0.148 e. The molecule has 156 valence electrons. The first-order valence-corrected chi connectivity index (χ1v) is 11.3. The van der Waals surface area contributed by atoms with Crippen LogP contribution in [0.4, 0.5) is 5.82 Å². The summed E-state index contributed by atoms with van der Waals surface area (Å²) < 4.78 is 2.22. The highest BCUT2D eigenvalue weighted by molar-refractivity contribution is 5.86. The van der Waals surface area contributed by atoms with Crippen LogP contribution < -0.4 is 5.32 Å². The monoisotopic (exact) mass is 409 g/mol. The van der Waals surface area contributed by atoms with Crippen LogP contribution in [0, 0.1) is 5.92 Å². The maximum absolute atomic E-state index is 4.54. The van der Waals surface area contributed by atoms with Crippen molar-refractivity contribution < 1.29 is 0 Å². The molecule has 3 aliphatic heterocycles. The molecule has 2 bridgehead atoms. The predicted octanol–water partition coefficient (Wildman–Crippen LogP) is 4.98. The second-order valence-electron chi connectivity index (χ2n) is 8.88. The molecule has 5 heteroatoms. The molecule has 3 fully saturated rings. The van der Waals surface area contributed by atoms with Gasteiger partial charge in [-0.25, -0.2) is 0 Å². The highest BCUT2D eigenvalue weighted by Crippen LogP contribution is 2.34. The van der Waals surface area contributed by atoms with Crippen molar-refractivity contribution in [2.45, 2.75) is 31.8 Å². The molecule has 0 aliphatic carbocycles. The predicted molar refractivity (Wildman–Crippen MR) is 125 cm³/mol. The third-order valence-electron chi connectivity index (χ3n) is 7.18. The van der Waals surface area contributed by atoms with Crippen LogP contribution >= 0.6 is 0 Å². The first-order valence-electron chi connectivity index (χ1n) is 11.3. The largest absolute Gasteiger partial charge is 0.364 e. The van der Waals surface area contributed by atoms with Crippen molar-refractivity contribution in [2.75, 3.05) is 18.4 Å². The number of benzene rings is 2. The summed E-state index contributed by atoms with van der Waals surface area (Å²) in [5.74, 6) is 1.63. The van der Waals surface area contributed by atoms with Crippen LogP contribution in [0.25, 0.3) is 27.8 Å². The molecule has 2 aromatic carbocycles. The molecule has 0 amide bonds. The Bertz CT molecular complexity index is 1190. The van der Waals surface area contributed by atoms with E-state index >= 15 is 0 Å². The summed E-state index contributed by atoms with van der Waals surface area (Å²) in [6, 6.07) is 24.3. The van der Waals surface area contributed by atoms with Crippen LogP contribution in [0.3, 0.4) is 0 Å². The molecule has 3 aliphatic rings. The summed E-state index contributed by atoms with van der Waals surface area (Å²) in [6.07, 6.45) is 4.70. The lowest BCUT2D eigenvalue weighted by Gasteiger charge is -2.50. The molecule has 3 saturated heterocycles. The highest BCUT2D eigenvalue weighted by atomic mass is 15.2. The Balaban J connectivity index is 1.23. The molecule has 5 heterocycles. The maximum atomic E-state index is 4.54. The molecule has 0 radical (unpaired) electrons. The second kappa shape index (κ2) is 7.50. The van der Waals surface area contributed by atoms with Gasteiger partial charge >= 0.3 is 0 Å². The summed E-state index contributed by atoms with van der Waals surface area (Å²) in [7, 11) is 0. The van der Waals surface area contributed by atoms with E-state index in [4.69, 9.17) is 0 Å². The van der Waals surface area contributed by atoms with Crippen LogP contribution in [0.1, 0.15) is 19.8 Å². The van der Waals surface area contributed by atoms with Gasteiger partial charge in [0.05, 0.1) is 11.2 Å². The van der Waals surface area contributed by atoms with E-state index < -0.39 is 0 Å². The molecule has 5 nitrogen and oxygen atoms in total. The van der Waals surface area contributed by atoms with Gasteiger partial charge < -0.3 is 9.88 Å².